The summed E-state index contributed by atoms with van der Waals surface area (Å²) in [6.07, 6.45) is 2.76. The van der Waals surface area contributed by atoms with Crippen LogP contribution in [0.1, 0.15) is 41.9 Å². The van der Waals surface area contributed by atoms with Gasteiger partial charge in [0.05, 0.1) is 22.3 Å². The number of nitrogens with zero attached hydrogens (tertiary/aromatic N) is 1. The van der Waals surface area contributed by atoms with Gasteiger partial charge in [-0.2, -0.15) is 0 Å². The molecule has 1 aromatic carbocycles. The van der Waals surface area contributed by atoms with Crippen molar-refractivity contribution in [2.75, 3.05) is 16.0 Å². The monoisotopic (exact) mass is 450 g/mol. The number of nitrogens with one attached hydrogen (secondary N) is 3. The summed E-state index contributed by atoms with van der Waals surface area (Å²) < 4.78 is 9.98. The van der Waals surface area contributed by atoms with Crippen molar-refractivity contribution in [2.45, 2.75) is 13.8 Å². The highest BCUT2D eigenvalue weighted by molar-refractivity contribution is 7.18. The predicted molar refractivity (Wildman–Crippen MR) is 119 cm³/mol. The third-order valence-electron chi connectivity index (χ3n) is 4.48. The summed E-state index contributed by atoms with van der Waals surface area (Å²) >= 11 is 1.15. The predicted octanol–water partition coefficient (Wildman–Crippen LogP) is 4.70. The number of amides is 3. The Labute approximate surface area is 186 Å². The van der Waals surface area contributed by atoms with Crippen LogP contribution in [-0.4, -0.2) is 22.9 Å². The van der Waals surface area contributed by atoms with Gasteiger partial charge in [0.2, 0.25) is 0 Å². The molecule has 0 radical (unpaired) electrons. The van der Waals surface area contributed by atoms with E-state index >= 15 is 0 Å². The van der Waals surface area contributed by atoms with Crippen LogP contribution in [0.25, 0.3) is 0 Å². The van der Waals surface area contributed by atoms with E-state index in [0.717, 1.165) is 16.9 Å². The number of anilines is 3. The van der Waals surface area contributed by atoms with Gasteiger partial charge < -0.3 is 24.9 Å². The topological polar surface area (TPSA) is 126 Å². The molecule has 0 aliphatic heterocycles. The second kappa shape index (κ2) is 8.90. The van der Waals surface area contributed by atoms with Crippen LogP contribution in [-0.2, 0) is 0 Å². The Morgan fingerprint density at radius 1 is 0.906 bits per heavy atom. The molecule has 0 aliphatic carbocycles. The Balaban J connectivity index is 1.43. The van der Waals surface area contributed by atoms with Crippen molar-refractivity contribution in [1.29, 1.82) is 0 Å². The summed E-state index contributed by atoms with van der Waals surface area (Å²) in [6, 6.07) is 11.7. The number of hydrogen-bond donors (Lipinski definition) is 3. The molecule has 9 nitrogen and oxygen atoms in total. The molecular weight excluding hydrogens is 432 g/mol. The molecular formula is C22H18N4O5S. The minimum atomic E-state index is -0.394. The lowest BCUT2D eigenvalue weighted by Crippen LogP contribution is -2.14. The molecule has 32 heavy (non-hydrogen) atoms. The number of aryl methyl sites for hydroxylation is 2. The highest BCUT2D eigenvalue weighted by atomic mass is 32.1. The van der Waals surface area contributed by atoms with E-state index in [9.17, 15) is 14.4 Å². The molecule has 0 unspecified atom stereocenters. The third kappa shape index (κ3) is 4.60. The first-order valence-corrected chi connectivity index (χ1v) is 10.3. The van der Waals surface area contributed by atoms with E-state index in [0.29, 0.717) is 32.6 Å². The summed E-state index contributed by atoms with van der Waals surface area (Å²) in [5.74, 6) is -0.491. The standard InChI is InChI=1S/C22H18N4O5S/c1-12-9-18(26-21(28)17-7-4-8-30-17)32-19(12)22(29)25-15-6-3-5-14(10-15)24-20(27)16-11-23-31-13(16)2/h3-11H,1-2H3,(H,24,27)(H,25,29)(H,26,28). The van der Waals surface area contributed by atoms with E-state index in [4.69, 9.17) is 8.94 Å². The number of carbonyl (C=O) groups is 3. The highest BCUT2D eigenvalue weighted by Crippen LogP contribution is 2.28. The lowest BCUT2D eigenvalue weighted by atomic mass is 10.2. The summed E-state index contributed by atoms with van der Waals surface area (Å²) in [6.45, 7) is 3.43. The van der Waals surface area contributed by atoms with Gasteiger partial charge in [0.25, 0.3) is 17.7 Å². The van der Waals surface area contributed by atoms with Crippen molar-refractivity contribution in [2.24, 2.45) is 0 Å². The Hall–Kier alpha value is -4.18. The fourth-order valence-corrected chi connectivity index (χ4v) is 3.89. The molecule has 3 aromatic heterocycles. The molecule has 0 saturated carbocycles. The average molecular weight is 450 g/mol. The van der Waals surface area contributed by atoms with E-state index in [1.165, 1.54) is 12.5 Å². The fraction of sp³-hybridized carbons (Fsp3) is 0.0909. The van der Waals surface area contributed by atoms with Gasteiger partial charge in [-0.3, -0.25) is 14.4 Å². The minimum absolute atomic E-state index is 0.183. The first kappa shape index (κ1) is 21.1. The molecule has 4 rings (SSSR count). The van der Waals surface area contributed by atoms with Crippen LogP contribution < -0.4 is 16.0 Å². The lowest BCUT2D eigenvalue weighted by molar-refractivity contribution is 0.0993. The number of aromatic nitrogens is 1. The zero-order valence-electron chi connectivity index (χ0n) is 17.1. The van der Waals surface area contributed by atoms with Crippen LogP contribution in [0.4, 0.5) is 16.4 Å². The molecule has 162 valence electrons. The molecule has 0 saturated heterocycles. The maximum absolute atomic E-state index is 12.8. The Morgan fingerprint density at radius 2 is 1.66 bits per heavy atom. The van der Waals surface area contributed by atoms with Crippen LogP contribution in [0.5, 0.6) is 0 Å². The van der Waals surface area contributed by atoms with Gasteiger partial charge in [-0.15, -0.1) is 11.3 Å². The average Bonchev–Trinajstić information content (AvgIpc) is 3.49. The Bertz CT molecular complexity index is 1290. The maximum atomic E-state index is 12.8. The van der Waals surface area contributed by atoms with E-state index < -0.39 is 5.91 Å². The van der Waals surface area contributed by atoms with Gasteiger partial charge in [-0.25, -0.2) is 0 Å². The molecule has 0 spiro atoms. The SMILES string of the molecule is Cc1cc(NC(=O)c2ccco2)sc1C(=O)Nc1cccc(NC(=O)c2cnoc2C)c1. The van der Waals surface area contributed by atoms with Crippen molar-refractivity contribution in [3.8, 4) is 0 Å². The molecule has 10 heteroatoms. The van der Waals surface area contributed by atoms with Gasteiger partial charge in [0.1, 0.15) is 11.3 Å². The van der Waals surface area contributed by atoms with Gasteiger partial charge in [0.15, 0.2) is 5.76 Å². The molecule has 3 N–H and O–H groups in total. The second-order valence-corrected chi connectivity index (χ2v) is 7.89. The summed E-state index contributed by atoms with van der Waals surface area (Å²) in [5.41, 5.74) is 2.05. The fourth-order valence-electron chi connectivity index (χ4n) is 2.93. The third-order valence-corrected chi connectivity index (χ3v) is 5.63. The molecule has 0 fully saturated rings. The number of rotatable bonds is 6. The molecule has 4 aromatic rings. The van der Waals surface area contributed by atoms with Crippen molar-refractivity contribution >= 4 is 45.4 Å². The Kier molecular flexibility index (Phi) is 5.86. The van der Waals surface area contributed by atoms with Crippen LogP contribution in [0, 0.1) is 13.8 Å². The summed E-state index contributed by atoms with van der Waals surface area (Å²) in [7, 11) is 0. The van der Waals surface area contributed by atoms with E-state index in [2.05, 4.69) is 21.1 Å². The van der Waals surface area contributed by atoms with Gasteiger partial charge >= 0.3 is 0 Å². The molecule has 3 amide bonds. The molecule has 3 heterocycles. The van der Waals surface area contributed by atoms with Crippen molar-refractivity contribution < 1.29 is 23.3 Å². The van der Waals surface area contributed by atoms with Crippen LogP contribution >= 0.6 is 11.3 Å². The molecule has 0 aliphatic rings. The van der Waals surface area contributed by atoms with E-state index in [1.54, 1.807) is 56.3 Å². The van der Waals surface area contributed by atoms with E-state index in [-0.39, 0.29) is 17.6 Å². The van der Waals surface area contributed by atoms with Crippen molar-refractivity contribution in [3.05, 3.63) is 82.4 Å². The van der Waals surface area contributed by atoms with Crippen LogP contribution in [0.2, 0.25) is 0 Å². The van der Waals surface area contributed by atoms with Gasteiger partial charge in [-0.05, 0) is 55.8 Å². The van der Waals surface area contributed by atoms with Crippen LogP contribution in [0.15, 0.2) is 63.9 Å². The lowest BCUT2D eigenvalue weighted by Gasteiger charge is -2.08. The zero-order valence-corrected chi connectivity index (χ0v) is 17.9. The number of hydrogen-bond acceptors (Lipinski definition) is 7. The number of thiophene rings is 1. The maximum Gasteiger partial charge on any atom is 0.291 e. The minimum Gasteiger partial charge on any atom is -0.459 e. The van der Waals surface area contributed by atoms with Gasteiger partial charge in [0, 0.05) is 11.4 Å². The largest absolute Gasteiger partial charge is 0.459 e. The zero-order chi connectivity index (χ0) is 22.7. The van der Waals surface area contributed by atoms with Crippen LogP contribution in [0.3, 0.4) is 0 Å². The van der Waals surface area contributed by atoms with Gasteiger partial charge in [-0.1, -0.05) is 11.2 Å². The molecule has 0 bridgehead atoms. The molecule has 0 atom stereocenters. The number of carbonyl (C=O) groups excluding carboxylic acids is 3. The van der Waals surface area contributed by atoms with Crippen molar-refractivity contribution in [3.63, 3.8) is 0 Å². The second-order valence-electron chi connectivity index (χ2n) is 6.84. The highest BCUT2D eigenvalue weighted by Gasteiger charge is 2.17. The van der Waals surface area contributed by atoms with E-state index in [1.807, 2.05) is 0 Å². The quantitative estimate of drug-likeness (QED) is 0.391. The number of benzene rings is 1. The van der Waals surface area contributed by atoms with Crippen molar-refractivity contribution in [1.82, 2.24) is 5.16 Å². The first-order valence-electron chi connectivity index (χ1n) is 9.50. The number of furan rings is 1. The Morgan fingerprint density at radius 3 is 2.31 bits per heavy atom. The smallest absolute Gasteiger partial charge is 0.291 e. The first-order chi connectivity index (χ1) is 15.4. The summed E-state index contributed by atoms with van der Waals surface area (Å²) in [5, 5.41) is 12.4. The normalized spacial score (nSPS) is 10.6. The summed E-state index contributed by atoms with van der Waals surface area (Å²) in [4.78, 5) is 37.7.